The number of nitrogens with zero attached hydrogens (tertiary/aromatic N) is 4. The van der Waals surface area contributed by atoms with Crippen molar-refractivity contribution in [3.05, 3.63) is 0 Å². The van der Waals surface area contributed by atoms with E-state index >= 15 is 0 Å². The maximum Gasteiger partial charge on any atom is 0.0110 e. The molecular weight excluding hydrogens is 224 g/mol. The van der Waals surface area contributed by atoms with E-state index in [1.165, 1.54) is 78.3 Å². The van der Waals surface area contributed by atoms with Crippen molar-refractivity contribution in [3.63, 3.8) is 0 Å². The molecule has 4 heteroatoms. The van der Waals surface area contributed by atoms with Crippen LogP contribution in [0, 0.1) is 0 Å². The van der Waals surface area contributed by atoms with E-state index < -0.39 is 0 Å². The van der Waals surface area contributed by atoms with Crippen molar-refractivity contribution in [1.29, 1.82) is 0 Å². The summed E-state index contributed by atoms with van der Waals surface area (Å²) in [6, 6.07) is 0. The van der Waals surface area contributed by atoms with Crippen molar-refractivity contribution >= 4 is 0 Å². The van der Waals surface area contributed by atoms with Crippen LogP contribution >= 0.6 is 0 Å². The first-order valence-corrected chi connectivity index (χ1v) is 7.56. The van der Waals surface area contributed by atoms with Crippen molar-refractivity contribution in [2.75, 3.05) is 79.5 Å². The van der Waals surface area contributed by atoms with Gasteiger partial charge in [-0.15, -0.1) is 0 Å². The fourth-order valence-corrected chi connectivity index (χ4v) is 2.81. The molecule has 0 aliphatic carbocycles. The second kappa shape index (κ2) is 7.43. The van der Waals surface area contributed by atoms with E-state index in [-0.39, 0.29) is 0 Å². The highest BCUT2D eigenvalue weighted by molar-refractivity contribution is 4.71. The topological polar surface area (TPSA) is 13.0 Å². The SMILES string of the molecule is CN1CCN2CCCCN(CC1)CCN(C)CC2. The summed E-state index contributed by atoms with van der Waals surface area (Å²) in [4.78, 5) is 10.3. The summed E-state index contributed by atoms with van der Waals surface area (Å²) in [7, 11) is 4.54. The van der Waals surface area contributed by atoms with Crippen molar-refractivity contribution in [3.8, 4) is 0 Å². The monoisotopic (exact) mass is 254 g/mol. The maximum absolute atomic E-state index is 2.66. The number of likely N-dealkylation sites (N-methyl/N-ethyl adjacent to an activating group) is 2. The Hall–Kier alpha value is -0.160. The Morgan fingerprint density at radius 2 is 0.778 bits per heavy atom. The van der Waals surface area contributed by atoms with E-state index in [2.05, 4.69) is 33.7 Å². The summed E-state index contributed by atoms with van der Waals surface area (Å²) in [5.74, 6) is 0. The molecular formula is C14H30N4. The number of rotatable bonds is 0. The summed E-state index contributed by atoms with van der Waals surface area (Å²) in [5, 5.41) is 0. The Kier molecular flexibility index (Phi) is 5.89. The molecule has 0 aromatic heterocycles. The second-order valence-corrected chi connectivity index (χ2v) is 6.00. The molecule has 0 amide bonds. The summed E-state index contributed by atoms with van der Waals surface area (Å²) in [6.45, 7) is 12.4. The lowest BCUT2D eigenvalue weighted by atomic mass is 10.2. The minimum absolute atomic E-state index is 1.22. The van der Waals surface area contributed by atoms with Gasteiger partial charge < -0.3 is 19.6 Å². The highest BCUT2D eigenvalue weighted by atomic mass is 15.3. The van der Waals surface area contributed by atoms with Crippen molar-refractivity contribution in [2.45, 2.75) is 12.8 Å². The number of hydrogen-bond acceptors (Lipinski definition) is 4. The highest BCUT2D eigenvalue weighted by Gasteiger charge is 2.14. The van der Waals surface area contributed by atoms with E-state index in [1.54, 1.807) is 0 Å². The van der Waals surface area contributed by atoms with E-state index in [9.17, 15) is 0 Å². The predicted octanol–water partition coefficient (Wildman–Crippen LogP) is 0.261. The van der Waals surface area contributed by atoms with Gasteiger partial charge in [-0.2, -0.15) is 0 Å². The largest absolute Gasteiger partial charge is 0.304 e. The van der Waals surface area contributed by atoms with Crippen LogP contribution in [0.3, 0.4) is 0 Å². The van der Waals surface area contributed by atoms with E-state index in [0.717, 1.165) is 0 Å². The first-order valence-electron chi connectivity index (χ1n) is 7.56. The van der Waals surface area contributed by atoms with Crippen molar-refractivity contribution in [2.24, 2.45) is 0 Å². The Balaban J connectivity index is 2.01. The van der Waals surface area contributed by atoms with Gasteiger partial charge in [-0.25, -0.2) is 0 Å². The molecule has 0 aromatic rings. The van der Waals surface area contributed by atoms with Gasteiger partial charge in [0.2, 0.25) is 0 Å². The van der Waals surface area contributed by atoms with Gasteiger partial charge in [0.1, 0.15) is 0 Å². The van der Waals surface area contributed by atoms with E-state index in [4.69, 9.17) is 0 Å². The van der Waals surface area contributed by atoms with Gasteiger partial charge in [0.05, 0.1) is 0 Å². The summed E-state index contributed by atoms with van der Waals surface area (Å²) < 4.78 is 0. The van der Waals surface area contributed by atoms with Crippen LogP contribution in [0.15, 0.2) is 0 Å². The maximum atomic E-state index is 2.66. The van der Waals surface area contributed by atoms with Gasteiger partial charge in [0.15, 0.2) is 0 Å². The quantitative estimate of drug-likeness (QED) is 0.615. The molecule has 2 bridgehead atoms. The minimum Gasteiger partial charge on any atom is -0.304 e. The minimum atomic E-state index is 1.22. The Bertz CT molecular complexity index is 194. The van der Waals surface area contributed by atoms with E-state index in [1.807, 2.05) is 0 Å². The fourth-order valence-electron chi connectivity index (χ4n) is 2.81. The Morgan fingerprint density at radius 1 is 0.444 bits per heavy atom. The average molecular weight is 254 g/mol. The first-order chi connectivity index (χ1) is 8.74. The average Bonchev–Trinajstić information content (AvgIpc) is 2.42. The molecule has 18 heavy (non-hydrogen) atoms. The molecule has 0 unspecified atom stereocenters. The molecule has 4 nitrogen and oxygen atoms in total. The lowest BCUT2D eigenvalue weighted by Crippen LogP contribution is -2.43. The third-order valence-corrected chi connectivity index (χ3v) is 4.39. The molecule has 0 aromatic carbocycles. The van der Waals surface area contributed by atoms with Gasteiger partial charge in [0.25, 0.3) is 0 Å². The number of hydrogen-bond donors (Lipinski definition) is 0. The molecule has 2 fully saturated rings. The third-order valence-electron chi connectivity index (χ3n) is 4.39. The third kappa shape index (κ3) is 4.84. The lowest BCUT2D eigenvalue weighted by molar-refractivity contribution is 0.167. The van der Waals surface area contributed by atoms with Crippen molar-refractivity contribution < 1.29 is 0 Å². The molecule has 0 radical (unpaired) electrons. The predicted molar refractivity (Wildman–Crippen MR) is 77.1 cm³/mol. The Morgan fingerprint density at radius 3 is 1.11 bits per heavy atom. The van der Waals surface area contributed by atoms with Gasteiger partial charge >= 0.3 is 0 Å². The molecule has 2 aliphatic heterocycles. The van der Waals surface area contributed by atoms with Crippen LogP contribution in [0.1, 0.15) is 12.8 Å². The standard InChI is InChI=1S/C14H30N4/c1-15-7-11-17-5-3-4-6-18(12-8-15)14-10-16(2)9-13-17/h3-14H2,1-2H3. The summed E-state index contributed by atoms with van der Waals surface area (Å²) in [5.41, 5.74) is 0. The van der Waals surface area contributed by atoms with Crippen molar-refractivity contribution in [1.82, 2.24) is 19.6 Å². The summed E-state index contributed by atoms with van der Waals surface area (Å²) >= 11 is 0. The van der Waals surface area contributed by atoms with Gasteiger partial charge in [-0.05, 0) is 40.0 Å². The molecule has 0 N–H and O–H groups in total. The smallest absolute Gasteiger partial charge is 0.0110 e. The Labute approximate surface area is 113 Å². The molecule has 2 aliphatic rings. The van der Waals surface area contributed by atoms with Crippen LogP contribution in [0.4, 0.5) is 0 Å². The molecule has 2 rings (SSSR count). The zero-order valence-electron chi connectivity index (χ0n) is 12.3. The van der Waals surface area contributed by atoms with Gasteiger partial charge in [-0.1, -0.05) is 0 Å². The molecule has 106 valence electrons. The molecule has 2 saturated heterocycles. The lowest BCUT2D eigenvalue weighted by Gasteiger charge is -2.30. The van der Waals surface area contributed by atoms with E-state index in [0.29, 0.717) is 0 Å². The van der Waals surface area contributed by atoms with Crippen LogP contribution in [-0.2, 0) is 0 Å². The van der Waals surface area contributed by atoms with Crippen LogP contribution in [-0.4, -0.2) is 99.1 Å². The number of fused-ring (bicyclic) bond motifs is 5. The van der Waals surface area contributed by atoms with Gasteiger partial charge in [0, 0.05) is 52.4 Å². The van der Waals surface area contributed by atoms with Crippen LogP contribution in [0.5, 0.6) is 0 Å². The zero-order chi connectivity index (χ0) is 12.8. The van der Waals surface area contributed by atoms with Crippen LogP contribution < -0.4 is 0 Å². The molecule has 0 atom stereocenters. The summed E-state index contributed by atoms with van der Waals surface area (Å²) in [6.07, 6.45) is 2.73. The first kappa shape index (κ1) is 14.3. The second-order valence-electron chi connectivity index (χ2n) is 6.00. The zero-order valence-corrected chi connectivity index (χ0v) is 12.3. The normalized spacial score (nSPS) is 34.3. The molecule has 2 heterocycles. The van der Waals surface area contributed by atoms with Crippen LogP contribution in [0.2, 0.25) is 0 Å². The fraction of sp³-hybridized carbons (Fsp3) is 1.00. The van der Waals surface area contributed by atoms with Crippen LogP contribution in [0.25, 0.3) is 0 Å². The molecule has 0 saturated carbocycles. The highest BCUT2D eigenvalue weighted by Crippen LogP contribution is 2.04. The molecule has 0 spiro atoms. The van der Waals surface area contributed by atoms with Gasteiger partial charge in [-0.3, -0.25) is 0 Å².